The lowest BCUT2D eigenvalue weighted by atomic mass is 10.2. The van der Waals surface area contributed by atoms with Crippen molar-refractivity contribution in [2.24, 2.45) is 0 Å². The van der Waals surface area contributed by atoms with Gasteiger partial charge in [-0.05, 0) is 44.0 Å². The number of imide groups is 1. The van der Waals surface area contributed by atoms with Crippen molar-refractivity contribution in [2.75, 3.05) is 4.90 Å². The van der Waals surface area contributed by atoms with E-state index in [1.54, 1.807) is 18.2 Å². The Hall–Kier alpha value is -2.65. The number of hydrogen-bond acceptors (Lipinski definition) is 5. The number of unbranched alkanes of at least 4 members (excludes halogenated alkanes) is 1. The number of nitriles is 1. The first-order chi connectivity index (χ1) is 13.0. The van der Waals surface area contributed by atoms with Crippen LogP contribution in [-0.2, 0) is 16.0 Å². The van der Waals surface area contributed by atoms with Gasteiger partial charge in [0.1, 0.15) is 11.1 Å². The minimum atomic E-state index is -0.556. The Labute approximate surface area is 163 Å². The van der Waals surface area contributed by atoms with Crippen LogP contribution in [0.2, 0.25) is 0 Å². The molecule has 1 aromatic carbocycles. The molecule has 2 aromatic rings. The molecule has 1 aliphatic rings. The minimum Gasteiger partial charge on any atom is -0.274 e. The van der Waals surface area contributed by atoms with Gasteiger partial charge in [0.15, 0.2) is 0 Å². The van der Waals surface area contributed by atoms with Crippen molar-refractivity contribution in [1.82, 2.24) is 4.98 Å². The number of nitrogens with zero attached hydrogens (tertiary/aromatic N) is 3. The molecule has 1 aromatic heterocycles. The number of amides is 2. The Morgan fingerprint density at radius 2 is 1.96 bits per heavy atom. The first kappa shape index (κ1) is 19.1. The van der Waals surface area contributed by atoms with Gasteiger partial charge in [0.2, 0.25) is 11.8 Å². The Morgan fingerprint density at radius 1 is 1.22 bits per heavy atom. The van der Waals surface area contributed by atoms with Crippen LogP contribution in [0.5, 0.6) is 0 Å². The number of hydrogen-bond donors (Lipinski definition) is 0. The number of pyridine rings is 1. The van der Waals surface area contributed by atoms with Crippen molar-refractivity contribution >= 4 is 29.3 Å². The van der Waals surface area contributed by atoms with Crippen LogP contribution in [0, 0.1) is 18.3 Å². The maximum atomic E-state index is 12.8. The third-order valence-electron chi connectivity index (χ3n) is 4.48. The average Bonchev–Trinajstić information content (AvgIpc) is 2.94. The maximum absolute atomic E-state index is 12.8. The van der Waals surface area contributed by atoms with Crippen molar-refractivity contribution in [3.63, 3.8) is 0 Å². The third kappa shape index (κ3) is 4.20. The van der Waals surface area contributed by atoms with Gasteiger partial charge >= 0.3 is 0 Å². The molecule has 0 aliphatic carbocycles. The summed E-state index contributed by atoms with van der Waals surface area (Å²) in [5.41, 5.74) is 3.00. The summed E-state index contributed by atoms with van der Waals surface area (Å²) in [6, 6.07) is 13.1. The summed E-state index contributed by atoms with van der Waals surface area (Å²) in [5.74, 6) is -0.472. The summed E-state index contributed by atoms with van der Waals surface area (Å²) < 4.78 is 0. The number of benzene rings is 1. The van der Waals surface area contributed by atoms with Crippen molar-refractivity contribution in [2.45, 2.75) is 49.8 Å². The molecule has 0 N–H and O–H groups in total. The van der Waals surface area contributed by atoms with Crippen LogP contribution in [0.4, 0.5) is 5.69 Å². The van der Waals surface area contributed by atoms with Crippen LogP contribution in [0.1, 0.15) is 43.0 Å². The van der Waals surface area contributed by atoms with E-state index in [2.05, 4.69) is 18.0 Å². The highest BCUT2D eigenvalue weighted by Gasteiger charge is 2.40. The standard InChI is InChI=1S/C21H21N3O2S/c1-3-4-5-16-9-8-15(13-22)20(23-16)27-18-12-19(25)24(21(18)26)17-10-6-14(2)7-11-17/h6-11,18H,3-5,12H2,1-2H3/t18-/m0/s1. The van der Waals surface area contributed by atoms with Gasteiger partial charge in [-0.2, -0.15) is 5.26 Å². The molecule has 0 unspecified atom stereocenters. The number of rotatable bonds is 6. The number of carbonyl (C=O) groups is 2. The van der Waals surface area contributed by atoms with Gasteiger partial charge in [-0.3, -0.25) is 9.59 Å². The number of aromatic nitrogens is 1. The first-order valence-corrected chi connectivity index (χ1v) is 9.91. The fourth-order valence-corrected chi connectivity index (χ4v) is 4.06. The van der Waals surface area contributed by atoms with Gasteiger partial charge in [-0.25, -0.2) is 9.88 Å². The molecule has 1 aliphatic heterocycles. The second kappa shape index (κ2) is 8.36. The molecule has 6 heteroatoms. The predicted octanol–water partition coefficient (Wildman–Crippen LogP) is 4.03. The SMILES string of the molecule is CCCCc1ccc(C#N)c(S[C@H]2CC(=O)N(c3ccc(C)cc3)C2=O)n1. The van der Waals surface area contributed by atoms with Crippen molar-refractivity contribution in [3.05, 3.63) is 53.2 Å². The lowest BCUT2D eigenvalue weighted by molar-refractivity contribution is -0.121. The van der Waals surface area contributed by atoms with Gasteiger partial charge in [0.05, 0.1) is 16.5 Å². The molecule has 0 radical (unpaired) electrons. The highest BCUT2D eigenvalue weighted by Crippen LogP contribution is 2.34. The van der Waals surface area contributed by atoms with Crippen LogP contribution < -0.4 is 4.90 Å². The zero-order valence-corrected chi connectivity index (χ0v) is 16.3. The predicted molar refractivity (Wildman–Crippen MR) is 105 cm³/mol. The summed E-state index contributed by atoms with van der Waals surface area (Å²) in [6.07, 6.45) is 3.03. The summed E-state index contributed by atoms with van der Waals surface area (Å²) in [4.78, 5) is 31.1. The molecule has 0 saturated carbocycles. The molecule has 0 bridgehead atoms. The van der Waals surface area contributed by atoms with Crippen LogP contribution >= 0.6 is 11.8 Å². The van der Waals surface area contributed by atoms with E-state index in [9.17, 15) is 14.9 Å². The Balaban J connectivity index is 1.82. The van der Waals surface area contributed by atoms with Crippen LogP contribution in [0.3, 0.4) is 0 Å². The monoisotopic (exact) mass is 379 g/mol. The minimum absolute atomic E-state index is 0.114. The molecule has 3 rings (SSSR count). The Kier molecular flexibility index (Phi) is 5.92. The third-order valence-corrected chi connectivity index (χ3v) is 5.66. The second-order valence-electron chi connectivity index (χ2n) is 6.58. The van der Waals surface area contributed by atoms with Gasteiger partial charge in [-0.1, -0.05) is 42.8 Å². The maximum Gasteiger partial charge on any atom is 0.247 e. The molecule has 2 heterocycles. The molecule has 1 atom stereocenters. The van der Waals surface area contributed by atoms with E-state index >= 15 is 0 Å². The lowest BCUT2D eigenvalue weighted by Crippen LogP contribution is -2.31. The zero-order valence-electron chi connectivity index (χ0n) is 15.4. The Morgan fingerprint density at radius 3 is 2.63 bits per heavy atom. The van der Waals surface area contributed by atoms with E-state index < -0.39 is 5.25 Å². The zero-order chi connectivity index (χ0) is 19.4. The molecular formula is C21H21N3O2S. The van der Waals surface area contributed by atoms with E-state index in [0.29, 0.717) is 16.3 Å². The fraction of sp³-hybridized carbons (Fsp3) is 0.333. The summed E-state index contributed by atoms with van der Waals surface area (Å²) >= 11 is 1.22. The molecule has 2 amide bonds. The average molecular weight is 379 g/mol. The summed E-state index contributed by atoms with van der Waals surface area (Å²) in [5, 5.41) is 9.34. The second-order valence-corrected chi connectivity index (χ2v) is 7.78. The van der Waals surface area contributed by atoms with Gasteiger partial charge < -0.3 is 0 Å². The molecule has 1 fully saturated rings. The summed E-state index contributed by atoms with van der Waals surface area (Å²) in [6.45, 7) is 4.07. The molecule has 27 heavy (non-hydrogen) atoms. The summed E-state index contributed by atoms with van der Waals surface area (Å²) in [7, 11) is 0. The van der Waals surface area contributed by atoms with E-state index in [-0.39, 0.29) is 18.2 Å². The smallest absolute Gasteiger partial charge is 0.247 e. The number of aryl methyl sites for hydroxylation is 2. The van der Waals surface area contributed by atoms with Crippen LogP contribution in [0.25, 0.3) is 0 Å². The van der Waals surface area contributed by atoms with E-state index in [0.717, 1.165) is 30.5 Å². The van der Waals surface area contributed by atoms with Gasteiger partial charge in [-0.15, -0.1) is 0 Å². The highest BCUT2D eigenvalue weighted by atomic mass is 32.2. The van der Waals surface area contributed by atoms with Gasteiger partial charge in [0, 0.05) is 12.1 Å². The van der Waals surface area contributed by atoms with E-state index in [4.69, 9.17) is 0 Å². The number of thioether (sulfide) groups is 1. The quantitative estimate of drug-likeness (QED) is 0.709. The lowest BCUT2D eigenvalue weighted by Gasteiger charge is -2.15. The number of anilines is 1. The van der Waals surface area contributed by atoms with Gasteiger partial charge in [0.25, 0.3) is 0 Å². The van der Waals surface area contributed by atoms with Crippen LogP contribution in [-0.4, -0.2) is 22.0 Å². The fourth-order valence-electron chi connectivity index (χ4n) is 2.95. The normalized spacial score (nSPS) is 16.6. The van der Waals surface area contributed by atoms with E-state index in [1.165, 1.54) is 16.7 Å². The molecule has 5 nitrogen and oxygen atoms in total. The van der Waals surface area contributed by atoms with Crippen molar-refractivity contribution in [3.8, 4) is 6.07 Å². The molecule has 138 valence electrons. The first-order valence-electron chi connectivity index (χ1n) is 9.03. The molecule has 0 spiro atoms. The largest absolute Gasteiger partial charge is 0.274 e. The highest BCUT2D eigenvalue weighted by molar-refractivity contribution is 8.00. The topological polar surface area (TPSA) is 74.1 Å². The Bertz CT molecular complexity index is 903. The molecular weight excluding hydrogens is 358 g/mol. The van der Waals surface area contributed by atoms with E-state index in [1.807, 2.05) is 25.1 Å². The van der Waals surface area contributed by atoms with Crippen molar-refractivity contribution in [1.29, 1.82) is 5.26 Å². The molecule has 1 saturated heterocycles. The number of carbonyl (C=O) groups excluding carboxylic acids is 2. The van der Waals surface area contributed by atoms with Crippen molar-refractivity contribution < 1.29 is 9.59 Å². The van der Waals surface area contributed by atoms with Crippen LogP contribution in [0.15, 0.2) is 41.4 Å².